The molecule has 5 heteroatoms. The van der Waals surface area contributed by atoms with Crippen molar-refractivity contribution >= 4 is 33.2 Å². The molecular formula is C10H10N2O2S. The highest BCUT2D eigenvalue weighted by molar-refractivity contribution is 7.17. The number of hydrogen-bond acceptors (Lipinski definition) is 4. The molecule has 0 bridgehead atoms. The molecular weight excluding hydrogens is 212 g/mol. The zero-order valence-corrected chi connectivity index (χ0v) is 8.91. The quantitative estimate of drug-likeness (QED) is 0.835. The number of aliphatic carboxylic acids is 1. The second-order valence-electron chi connectivity index (χ2n) is 3.21. The SMILES string of the molecule is C[C@H](Nc1cccc2ncsc12)C(=O)O. The first-order valence-electron chi connectivity index (χ1n) is 4.50. The summed E-state index contributed by atoms with van der Waals surface area (Å²) in [6, 6.07) is 5.03. The van der Waals surface area contributed by atoms with Crippen LogP contribution in [-0.2, 0) is 4.79 Å². The second kappa shape index (κ2) is 3.86. The van der Waals surface area contributed by atoms with Crippen molar-refractivity contribution in [2.24, 2.45) is 0 Å². The van der Waals surface area contributed by atoms with Crippen LogP contribution in [-0.4, -0.2) is 22.1 Å². The monoisotopic (exact) mass is 222 g/mol. The lowest BCUT2D eigenvalue weighted by molar-refractivity contribution is -0.137. The first-order valence-corrected chi connectivity index (χ1v) is 5.38. The van der Waals surface area contributed by atoms with E-state index in [1.165, 1.54) is 11.3 Å². The van der Waals surface area contributed by atoms with Crippen molar-refractivity contribution in [3.05, 3.63) is 23.7 Å². The van der Waals surface area contributed by atoms with E-state index in [0.717, 1.165) is 15.9 Å². The predicted octanol–water partition coefficient (Wildman–Crippen LogP) is 2.18. The molecule has 15 heavy (non-hydrogen) atoms. The van der Waals surface area contributed by atoms with Crippen LogP contribution in [0.15, 0.2) is 23.7 Å². The average Bonchev–Trinajstić information content (AvgIpc) is 2.66. The number of fused-ring (bicyclic) bond motifs is 1. The number of carboxylic acids is 1. The number of carbonyl (C=O) groups is 1. The summed E-state index contributed by atoms with van der Waals surface area (Å²) in [5.41, 5.74) is 3.47. The molecule has 0 aliphatic heterocycles. The van der Waals surface area contributed by atoms with Gasteiger partial charge in [-0.3, -0.25) is 4.79 Å². The van der Waals surface area contributed by atoms with Gasteiger partial charge in [-0.15, -0.1) is 11.3 Å². The van der Waals surface area contributed by atoms with Crippen molar-refractivity contribution in [1.29, 1.82) is 0 Å². The number of aromatic nitrogens is 1. The summed E-state index contributed by atoms with van der Waals surface area (Å²) in [6.07, 6.45) is 0. The Kier molecular flexibility index (Phi) is 2.55. The van der Waals surface area contributed by atoms with Gasteiger partial charge in [0, 0.05) is 0 Å². The van der Waals surface area contributed by atoms with Crippen LogP contribution in [0.25, 0.3) is 10.2 Å². The number of benzene rings is 1. The van der Waals surface area contributed by atoms with Gasteiger partial charge in [-0.25, -0.2) is 4.98 Å². The number of thiazole rings is 1. The Morgan fingerprint density at radius 2 is 2.40 bits per heavy atom. The summed E-state index contributed by atoms with van der Waals surface area (Å²) in [5.74, 6) is -0.864. The standard InChI is InChI=1S/C10H10N2O2S/c1-6(10(13)14)12-8-4-2-3-7-9(8)15-5-11-7/h2-6,12H,1H3,(H,13,14)/t6-/m0/s1. The van der Waals surface area contributed by atoms with Crippen molar-refractivity contribution in [2.45, 2.75) is 13.0 Å². The van der Waals surface area contributed by atoms with Crippen LogP contribution in [0.3, 0.4) is 0 Å². The molecule has 0 unspecified atom stereocenters. The fraction of sp³-hybridized carbons (Fsp3) is 0.200. The van der Waals surface area contributed by atoms with Gasteiger partial charge in [0.1, 0.15) is 6.04 Å². The lowest BCUT2D eigenvalue weighted by Crippen LogP contribution is -2.25. The number of anilines is 1. The van der Waals surface area contributed by atoms with Gasteiger partial charge in [-0.05, 0) is 19.1 Å². The van der Waals surface area contributed by atoms with Crippen molar-refractivity contribution in [2.75, 3.05) is 5.32 Å². The summed E-state index contributed by atoms with van der Waals surface area (Å²) in [7, 11) is 0. The number of rotatable bonds is 3. The van der Waals surface area contributed by atoms with E-state index >= 15 is 0 Å². The third kappa shape index (κ3) is 1.92. The molecule has 0 fully saturated rings. The van der Waals surface area contributed by atoms with Crippen molar-refractivity contribution in [3.8, 4) is 0 Å². The summed E-state index contributed by atoms with van der Waals surface area (Å²) in [5, 5.41) is 11.7. The van der Waals surface area contributed by atoms with Gasteiger partial charge >= 0.3 is 5.97 Å². The summed E-state index contributed by atoms with van der Waals surface area (Å²) < 4.78 is 0.991. The number of hydrogen-bond donors (Lipinski definition) is 2. The van der Waals surface area contributed by atoms with E-state index in [-0.39, 0.29) is 0 Å². The lowest BCUT2D eigenvalue weighted by Gasteiger charge is -2.10. The van der Waals surface area contributed by atoms with Crippen molar-refractivity contribution in [3.63, 3.8) is 0 Å². The van der Waals surface area contributed by atoms with Crippen LogP contribution < -0.4 is 5.32 Å². The summed E-state index contributed by atoms with van der Waals surface area (Å²) >= 11 is 1.50. The van der Waals surface area contributed by atoms with Gasteiger partial charge < -0.3 is 10.4 Å². The van der Waals surface area contributed by atoms with Crippen LogP contribution in [0.5, 0.6) is 0 Å². The normalized spacial score (nSPS) is 12.6. The molecule has 2 aromatic rings. The first-order chi connectivity index (χ1) is 7.18. The molecule has 78 valence electrons. The molecule has 0 aliphatic carbocycles. The van der Waals surface area contributed by atoms with Crippen LogP contribution in [0.1, 0.15) is 6.92 Å². The third-order valence-electron chi connectivity index (χ3n) is 2.10. The van der Waals surface area contributed by atoms with E-state index < -0.39 is 12.0 Å². The smallest absolute Gasteiger partial charge is 0.325 e. The minimum atomic E-state index is -0.864. The molecule has 0 spiro atoms. The van der Waals surface area contributed by atoms with Crippen LogP contribution in [0.4, 0.5) is 5.69 Å². The maximum atomic E-state index is 10.7. The Balaban J connectivity index is 2.35. The third-order valence-corrected chi connectivity index (χ3v) is 2.97. The van der Waals surface area contributed by atoms with Crippen molar-refractivity contribution < 1.29 is 9.90 Å². The molecule has 0 aliphatic rings. The van der Waals surface area contributed by atoms with E-state index in [1.54, 1.807) is 12.4 Å². The summed E-state index contributed by atoms with van der Waals surface area (Å²) in [6.45, 7) is 1.61. The van der Waals surface area contributed by atoms with Crippen LogP contribution in [0.2, 0.25) is 0 Å². The molecule has 1 atom stereocenters. The molecule has 1 heterocycles. The van der Waals surface area contributed by atoms with Gasteiger partial charge in [0.2, 0.25) is 0 Å². The second-order valence-corrected chi connectivity index (χ2v) is 4.07. The number of carboxylic acid groups (broad SMARTS) is 1. The largest absolute Gasteiger partial charge is 0.480 e. The molecule has 2 N–H and O–H groups in total. The minimum absolute atomic E-state index is 0.599. The first kappa shape index (κ1) is 9.92. The Hall–Kier alpha value is -1.62. The lowest BCUT2D eigenvalue weighted by atomic mass is 10.2. The molecule has 4 nitrogen and oxygen atoms in total. The Morgan fingerprint density at radius 1 is 1.60 bits per heavy atom. The molecule has 2 rings (SSSR count). The van der Waals surface area contributed by atoms with Crippen molar-refractivity contribution in [1.82, 2.24) is 4.98 Å². The van der Waals surface area contributed by atoms with E-state index in [9.17, 15) is 4.79 Å². The Morgan fingerprint density at radius 3 is 3.13 bits per heavy atom. The zero-order chi connectivity index (χ0) is 10.8. The highest BCUT2D eigenvalue weighted by atomic mass is 32.1. The van der Waals surface area contributed by atoms with Gasteiger partial charge in [-0.2, -0.15) is 0 Å². The van der Waals surface area contributed by atoms with Gasteiger partial charge in [0.05, 0.1) is 21.4 Å². The number of nitrogens with zero attached hydrogens (tertiary/aromatic N) is 1. The minimum Gasteiger partial charge on any atom is -0.480 e. The maximum Gasteiger partial charge on any atom is 0.325 e. The van der Waals surface area contributed by atoms with E-state index in [4.69, 9.17) is 5.11 Å². The van der Waals surface area contributed by atoms with E-state index in [2.05, 4.69) is 10.3 Å². The molecule has 1 aromatic carbocycles. The molecule has 1 aromatic heterocycles. The fourth-order valence-corrected chi connectivity index (χ4v) is 2.06. The molecule has 0 saturated heterocycles. The van der Waals surface area contributed by atoms with Gasteiger partial charge in [-0.1, -0.05) is 6.07 Å². The topological polar surface area (TPSA) is 62.2 Å². The zero-order valence-electron chi connectivity index (χ0n) is 8.10. The summed E-state index contributed by atoms with van der Waals surface area (Å²) in [4.78, 5) is 14.9. The fourth-order valence-electron chi connectivity index (χ4n) is 1.29. The predicted molar refractivity (Wildman–Crippen MR) is 60.3 cm³/mol. The van der Waals surface area contributed by atoms with E-state index in [0.29, 0.717) is 0 Å². The molecule has 0 amide bonds. The van der Waals surface area contributed by atoms with E-state index in [1.807, 2.05) is 18.2 Å². The maximum absolute atomic E-state index is 10.7. The Labute approximate surface area is 90.6 Å². The van der Waals surface area contributed by atoms with Crippen LogP contribution in [0, 0.1) is 0 Å². The van der Waals surface area contributed by atoms with Gasteiger partial charge in [0.15, 0.2) is 0 Å². The van der Waals surface area contributed by atoms with Gasteiger partial charge in [0.25, 0.3) is 0 Å². The average molecular weight is 222 g/mol. The number of nitrogens with one attached hydrogen (secondary N) is 1. The van der Waals surface area contributed by atoms with Crippen LogP contribution >= 0.6 is 11.3 Å². The molecule has 0 radical (unpaired) electrons. The Bertz CT molecular complexity index is 495. The molecule has 0 saturated carbocycles. The highest BCUT2D eigenvalue weighted by Crippen LogP contribution is 2.26. The highest BCUT2D eigenvalue weighted by Gasteiger charge is 2.12.